The second-order valence-corrected chi connectivity index (χ2v) is 13.4. The Bertz CT molecular complexity index is 1310. The molecule has 4 bridgehead atoms. The molecule has 4 heterocycles. The van der Waals surface area contributed by atoms with E-state index in [1.807, 2.05) is 28.8 Å². The van der Waals surface area contributed by atoms with Crippen molar-refractivity contribution >= 4 is 29.0 Å². The van der Waals surface area contributed by atoms with E-state index in [9.17, 15) is 14.4 Å². The van der Waals surface area contributed by atoms with Gasteiger partial charge in [0.15, 0.2) is 5.82 Å². The lowest BCUT2D eigenvalue weighted by Gasteiger charge is -2.54. The summed E-state index contributed by atoms with van der Waals surface area (Å²) in [5.41, 5.74) is 1.57. The Morgan fingerprint density at radius 3 is 2.27 bits per heavy atom. The highest BCUT2D eigenvalue weighted by Gasteiger charge is 2.46. The molecule has 2 saturated carbocycles. The number of benzene rings is 1. The summed E-state index contributed by atoms with van der Waals surface area (Å²) in [6.45, 7) is 1.87. The Kier molecular flexibility index (Phi) is 6.93. The van der Waals surface area contributed by atoms with E-state index in [-0.39, 0.29) is 23.6 Å². The number of aldehydes is 1. The molecule has 5 aliphatic rings. The molecule has 1 aromatic heterocycles. The van der Waals surface area contributed by atoms with Crippen LogP contribution in [0, 0.1) is 11.8 Å². The third-order valence-corrected chi connectivity index (χ3v) is 10.9. The zero-order valence-corrected chi connectivity index (χ0v) is 23.7. The molecular weight excluding hydrogens is 502 g/mol. The molecular formula is C32H43N5O3. The number of rotatable bonds is 5. The number of aromatic nitrogens is 2. The van der Waals surface area contributed by atoms with Gasteiger partial charge in [-0.25, -0.2) is 4.98 Å². The summed E-state index contributed by atoms with van der Waals surface area (Å²) in [6.07, 6.45) is 16.4. The summed E-state index contributed by atoms with van der Waals surface area (Å²) >= 11 is 0. The van der Waals surface area contributed by atoms with Gasteiger partial charge in [-0.15, -0.1) is 0 Å². The number of hydrogen-bond acceptors (Lipinski definition) is 6. The fraction of sp³-hybridized carbons (Fsp3) is 0.688. The van der Waals surface area contributed by atoms with Gasteiger partial charge < -0.3 is 19.6 Å². The summed E-state index contributed by atoms with van der Waals surface area (Å²) in [5.74, 6) is 1.97. The number of anilines is 1. The van der Waals surface area contributed by atoms with E-state index in [0.717, 1.165) is 42.0 Å². The quantitative estimate of drug-likeness (QED) is 0.567. The fourth-order valence-electron chi connectivity index (χ4n) is 9.31. The molecule has 3 unspecified atom stereocenters. The van der Waals surface area contributed by atoms with Crippen molar-refractivity contribution in [1.82, 2.24) is 19.8 Å². The number of carbonyl (C=O) groups excluding carboxylic acids is 2. The first-order valence-corrected chi connectivity index (χ1v) is 15.8. The Morgan fingerprint density at radius 2 is 1.60 bits per heavy atom. The number of amides is 1. The maximum Gasteiger partial charge on any atom is 0.294 e. The van der Waals surface area contributed by atoms with Crippen molar-refractivity contribution in [2.45, 2.75) is 120 Å². The monoisotopic (exact) mass is 545 g/mol. The van der Waals surface area contributed by atoms with Gasteiger partial charge in [0.2, 0.25) is 5.91 Å². The van der Waals surface area contributed by atoms with Gasteiger partial charge in [-0.1, -0.05) is 44.2 Å². The zero-order chi connectivity index (χ0) is 27.4. The maximum absolute atomic E-state index is 14.2. The number of hydrogen-bond donors (Lipinski definition) is 1. The molecule has 0 radical (unpaired) electrons. The summed E-state index contributed by atoms with van der Waals surface area (Å²) < 4.78 is 2.02. The van der Waals surface area contributed by atoms with Gasteiger partial charge in [-0.2, -0.15) is 0 Å². The molecule has 8 nitrogen and oxygen atoms in total. The van der Waals surface area contributed by atoms with Crippen LogP contribution in [0.2, 0.25) is 0 Å². The number of nitrogens with zero attached hydrogens (tertiary/aromatic N) is 4. The SMILES string of the molecule is CC(=O)N[C@@H]1CN(c2nc3ccccc3n(C3C[C@H]4CCC[C@@H](C3)N4C3CC4CCCCC(C4)C3)c2=O)[C@@H]1C=O. The Labute approximate surface area is 236 Å². The predicted octanol–water partition coefficient (Wildman–Crippen LogP) is 4.21. The fourth-order valence-corrected chi connectivity index (χ4v) is 9.31. The molecule has 2 aliphatic carbocycles. The van der Waals surface area contributed by atoms with Crippen LogP contribution in [0.15, 0.2) is 29.1 Å². The summed E-state index contributed by atoms with van der Waals surface area (Å²) in [4.78, 5) is 47.3. The van der Waals surface area contributed by atoms with E-state index in [1.165, 1.54) is 71.1 Å². The van der Waals surface area contributed by atoms with Crippen molar-refractivity contribution in [2.75, 3.05) is 11.4 Å². The number of piperidine rings is 2. The Balaban J connectivity index is 1.20. The minimum Gasteiger partial charge on any atom is -0.349 e. The highest BCUT2D eigenvalue weighted by Crippen LogP contribution is 2.47. The lowest BCUT2D eigenvalue weighted by molar-refractivity contribution is -0.120. The summed E-state index contributed by atoms with van der Waals surface area (Å²) in [5, 5.41) is 2.84. The highest BCUT2D eigenvalue weighted by atomic mass is 16.2. The average Bonchev–Trinajstić information content (AvgIpc) is 3.09. The summed E-state index contributed by atoms with van der Waals surface area (Å²) in [7, 11) is 0. The third kappa shape index (κ3) is 4.56. The molecule has 40 heavy (non-hydrogen) atoms. The van der Waals surface area contributed by atoms with E-state index >= 15 is 0 Å². The van der Waals surface area contributed by atoms with Crippen LogP contribution in [0.4, 0.5) is 5.82 Å². The number of nitrogens with one attached hydrogen (secondary N) is 1. The Morgan fingerprint density at radius 1 is 0.900 bits per heavy atom. The van der Waals surface area contributed by atoms with Gasteiger partial charge in [0.05, 0.1) is 17.1 Å². The Hall–Kier alpha value is -2.74. The molecule has 5 fully saturated rings. The molecule has 214 valence electrons. The van der Waals surface area contributed by atoms with Gasteiger partial charge in [0, 0.05) is 37.6 Å². The molecule has 1 aromatic carbocycles. The number of fused-ring (bicyclic) bond motifs is 5. The van der Waals surface area contributed by atoms with Crippen LogP contribution in [-0.4, -0.2) is 63.4 Å². The van der Waals surface area contributed by atoms with Crippen LogP contribution in [0.3, 0.4) is 0 Å². The standard InChI is InChI=1S/C32H43N5O3/c1-20(39)33-28-18-35(30(28)19-38)31-32(40)37(29-12-5-4-11-27(29)34-31)26-16-23-9-6-10-24(17-26)36(23)25-14-21-7-2-3-8-22(13-21)15-25/h4-5,11-12,19,21-26,28,30H,2-3,6-10,13-18H2,1H3,(H,33,39)/t21?,22?,23-,24+,25?,26?,28-,30-/m1/s1. The number of para-hydroxylation sites is 2. The van der Waals surface area contributed by atoms with Crippen LogP contribution in [0.5, 0.6) is 0 Å². The minimum atomic E-state index is -0.574. The first-order valence-electron chi connectivity index (χ1n) is 15.8. The van der Waals surface area contributed by atoms with E-state index in [2.05, 4.69) is 10.2 Å². The van der Waals surface area contributed by atoms with E-state index in [1.54, 1.807) is 4.90 Å². The van der Waals surface area contributed by atoms with Crippen molar-refractivity contribution < 1.29 is 9.59 Å². The molecule has 8 heteroatoms. The van der Waals surface area contributed by atoms with Crippen molar-refractivity contribution in [3.05, 3.63) is 34.6 Å². The maximum atomic E-state index is 14.2. The van der Waals surface area contributed by atoms with Gasteiger partial charge in [-0.05, 0) is 68.9 Å². The molecule has 2 aromatic rings. The van der Waals surface area contributed by atoms with Crippen LogP contribution < -0.4 is 15.8 Å². The molecule has 7 atom stereocenters. The molecule has 1 amide bonds. The predicted molar refractivity (Wildman–Crippen MR) is 155 cm³/mol. The molecule has 3 saturated heterocycles. The average molecular weight is 546 g/mol. The molecule has 3 aliphatic heterocycles. The van der Waals surface area contributed by atoms with Crippen molar-refractivity contribution in [3.8, 4) is 0 Å². The van der Waals surface area contributed by atoms with Crippen LogP contribution >= 0.6 is 0 Å². The van der Waals surface area contributed by atoms with Crippen LogP contribution in [0.25, 0.3) is 11.0 Å². The smallest absolute Gasteiger partial charge is 0.294 e. The first-order chi connectivity index (χ1) is 19.5. The normalized spacial score (nSPS) is 36.0. The van der Waals surface area contributed by atoms with Crippen LogP contribution in [0.1, 0.15) is 90.0 Å². The second kappa shape index (κ2) is 10.6. The molecule has 0 spiro atoms. The molecule has 1 N–H and O–H groups in total. The van der Waals surface area contributed by atoms with Gasteiger partial charge in [0.25, 0.3) is 5.56 Å². The second-order valence-electron chi connectivity index (χ2n) is 13.4. The first kappa shape index (κ1) is 26.2. The van der Waals surface area contributed by atoms with Crippen molar-refractivity contribution in [2.24, 2.45) is 11.8 Å². The van der Waals surface area contributed by atoms with Crippen molar-refractivity contribution in [1.29, 1.82) is 0 Å². The zero-order valence-electron chi connectivity index (χ0n) is 23.7. The van der Waals surface area contributed by atoms with Gasteiger partial charge in [-0.3, -0.25) is 14.5 Å². The van der Waals surface area contributed by atoms with Gasteiger partial charge >= 0.3 is 0 Å². The largest absolute Gasteiger partial charge is 0.349 e. The molecule has 7 rings (SSSR count). The van der Waals surface area contributed by atoms with E-state index < -0.39 is 6.04 Å². The topological polar surface area (TPSA) is 87.5 Å². The highest BCUT2D eigenvalue weighted by molar-refractivity contribution is 5.80. The minimum absolute atomic E-state index is 0.105. The lowest BCUT2D eigenvalue weighted by Crippen LogP contribution is -2.68. The lowest BCUT2D eigenvalue weighted by atomic mass is 9.73. The summed E-state index contributed by atoms with van der Waals surface area (Å²) in [6, 6.07) is 8.96. The number of carbonyl (C=O) groups is 2. The van der Waals surface area contributed by atoms with E-state index in [4.69, 9.17) is 4.98 Å². The van der Waals surface area contributed by atoms with E-state index in [0.29, 0.717) is 30.5 Å². The van der Waals surface area contributed by atoms with Gasteiger partial charge in [0.1, 0.15) is 12.3 Å². The third-order valence-electron chi connectivity index (χ3n) is 10.9. The van der Waals surface area contributed by atoms with Crippen LogP contribution in [-0.2, 0) is 9.59 Å². The van der Waals surface area contributed by atoms with Crippen molar-refractivity contribution in [3.63, 3.8) is 0 Å².